The van der Waals surface area contributed by atoms with Gasteiger partial charge in [0.2, 0.25) is 0 Å². The van der Waals surface area contributed by atoms with Crippen LogP contribution in [-0.2, 0) is 4.74 Å². The van der Waals surface area contributed by atoms with Crippen LogP contribution >= 0.6 is 27.3 Å². The van der Waals surface area contributed by atoms with Crippen molar-refractivity contribution in [2.24, 2.45) is 0 Å². The Labute approximate surface area is 181 Å². The van der Waals surface area contributed by atoms with Gasteiger partial charge in [-0.2, -0.15) is 0 Å². The first-order valence-electron chi connectivity index (χ1n) is 9.23. The Hall–Kier alpha value is -2.19. The number of fused-ring (bicyclic) bond motifs is 3. The molecular formula is C22H20BrNO4S. The summed E-state index contributed by atoms with van der Waals surface area (Å²) in [5, 5.41) is 24.7. The third-order valence-corrected chi connectivity index (χ3v) is 6.81. The van der Waals surface area contributed by atoms with Crippen LogP contribution in [0.3, 0.4) is 0 Å². The number of aliphatic hydroxyl groups excluding tert-OH is 2. The van der Waals surface area contributed by atoms with E-state index in [4.69, 9.17) is 4.74 Å². The molecule has 7 heteroatoms. The number of alkyl carbamates (subject to hydrolysis) is 1. The van der Waals surface area contributed by atoms with Gasteiger partial charge in [-0.15, -0.1) is 11.3 Å². The van der Waals surface area contributed by atoms with Gasteiger partial charge in [0.15, 0.2) is 0 Å². The molecule has 1 heterocycles. The summed E-state index contributed by atoms with van der Waals surface area (Å²) in [6.07, 6.45) is -2.81. The fourth-order valence-corrected chi connectivity index (χ4v) is 5.11. The highest BCUT2D eigenvalue weighted by Crippen LogP contribution is 2.44. The Morgan fingerprint density at radius 1 is 1.10 bits per heavy atom. The van der Waals surface area contributed by atoms with Crippen LogP contribution in [0.5, 0.6) is 0 Å². The first kappa shape index (κ1) is 20.1. The summed E-state index contributed by atoms with van der Waals surface area (Å²) >= 11 is 4.65. The van der Waals surface area contributed by atoms with Gasteiger partial charge in [0.1, 0.15) is 18.8 Å². The maximum absolute atomic E-state index is 12.2. The lowest BCUT2D eigenvalue weighted by Gasteiger charge is -2.18. The number of hydrogen-bond donors (Lipinski definition) is 3. The van der Waals surface area contributed by atoms with Crippen molar-refractivity contribution in [2.45, 2.75) is 18.1 Å². The zero-order valence-corrected chi connectivity index (χ0v) is 17.8. The monoisotopic (exact) mass is 473 g/mol. The van der Waals surface area contributed by atoms with Gasteiger partial charge in [-0.1, -0.05) is 48.5 Å². The fraction of sp³-hybridized carbons (Fsp3) is 0.227. The molecule has 3 N–H and O–H groups in total. The number of carbonyl (C=O) groups excluding carboxylic acids is 1. The topological polar surface area (TPSA) is 78.8 Å². The van der Waals surface area contributed by atoms with Gasteiger partial charge in [-0.05, 0) is 44.3 Å². The van der Waals surface area contributed by atoms with Gasteiger partial charge in [-0.3, -0.25) is 0 Å². The molecule has 0 aliphatic heterocycles. The normalized spacial score (nSPS) is 14.7. The first-order valence-corrected chi connectivity index (χ1v) is 10.9. The van der Waals surface area contributed by atoms with Crippen LogP contribution in [0.15, 0.2) is 64.5 Å². The average molecular weight is 474 g/mol. The van der Waals surface area contributed by atoms with Gasteiger partial charge in [0.25, 0.3) is 0 Å². The second-order valence-electron chi connectivity index (χ2n) is 6.89. The second kappa shape index (κ2) is 8.67. The van der Waals surface area contributed by atoms with E-state index >= 15 is 0 Å². The maximum atomic E-state index is 12.2. The number of hydrogen-bond acceptors (Lipinski definition) is 5. The van der Waals surface area contributed by atoms with Crippen molar-refractivity contribution in [1.29, 1.82) is 0 Å². The van der Waals surface area contributed by atoms with Gasteiger partial charge in [0, 0.05) is 27.2 Å². The highest BCUT2D eigenvalue weighted by molar-refractivity contribution is 9.10. The van der Waals surface area contributed by atoms with E-state index in [1.54, 1.807) is 6.07 Å². The van der Waals surface area contributed by atoms with Crippen LogP contribution in [0, 0.1) is 0 Å². The molecule has 1 amide bonds. The molecule has 5 nitrogen and oxygen atoms in total. The molecule has 0 saturated carbocycles. The molecule has 2 atom stereocenters. The fourth-order valence-electron chi connectivity index (χ4n) is 3.62. The molecule has 2 aromatic carbocycles. The average Bonchev–Trinajstić information content (AvgIpc) is 3.31. The minimum atomic E-state index is -1.12. The predicted octanol–water partition coefficient (Wildman–Crippen LogP) is 4.44. The quantitative estimate of drug-likeness (QED) is 0.494. The Bertz CT molecular complexity index is 976. The number of benzene rings is 2. The van der Waals surface area contributed by atoms with Crippen molar-refractivity contribution < 1.29 is 19.7 Å². The Morgan fingerprint density at radius 3 is 2.31 bits per heavy atom. The molecule has 2 unspecified atom stereocenters. The standard InChI is InChI=1S/C22H20BrNO4S/c23-13-9-20(29-12-13)21(26)19(25)10-24-22(27)28-11-18-16-7-3-1-5-14(16)15-6-2-4-8-17(15)18/h1-9,12,18-19,21,25-26H,10-11H2,(H,24,27). The zero-order chi connectivity index (χ0) is 20.4. The number of rotatable bonds is 6. The number of carbonyl (C=O) groups is 1. The summed E-state index contributed by atoms with van der Waals surface area (Å²) in [4.78, 5) is 12.8. The van der Waals surface area contributed by atoms with Crippen molar-refractivity contribution >= 4 is 33.4 Å². The molecule has 4 rings (SSSR count). The summed E-state index contributed by atoms with van der Waals surface area (Å²) in [7, 11) is 0. The third-order valence-electron chi connectivity index (χ3n) is 5.04. The minimum absolute atomic E-state index is 0.0212. The van der Waals surface area contributed by atoms with E-state index in [2.05, 4.69) is 45.5 Å². The van der Waals surface area contributed by atoms with Gasteiger partial charge < -0.3 is 20.3 Å². The van der Waals surface area contributed by atoms with Crippen LogP contribution < -0.4 is 5.32 Å². The van der Waals surface area contributed by atoms with Crippen molar-refractivity contribution in [3.05, 3.63) is 80.5 Å². The summed E-state index contributed by atoms with van der Waals surface area (Å²) in [6, 6.07) is 18.0. The molecule has 1 aliphatic rings. The minimum Gasteiger partial charge on any atom is -0.449 e. The van der Waals surface area contributed by atoms with E-state index < -0.39 is 18.3 Å². The summed E-state index contributed by atoms with van der Waals surface area (Å²) in [5.41, 5.74) is 4.61. The number of halogens is 1. The molecule has 150 valence electrons. The molecule has 29 heavy (non-hydrogen) atoms. The Morgan fingerprint density at radius 2 is 1.72 bits per heavy atom. The lowest BCUT2D eigenvalue weighted by atomic mass is 9.98. The highest BCUT2D eigenvalue weighted by Gasteiger charge is 2.29. The Balaban J connectivity index is 1.34. The first-order chi connectivity index (χ1) is 14.0. The van der Waals surface area contributed by atoms with Crippen LogP contribution in [0.4, 0.5) is 4.79 Å². The van der Waals surface area contributed by atoms with E-state index in [0.29, 0.717) is 4.88 Å². The van der Waals surface area contributed by atoms with Crippen molar-refractivity contribution in [1.82, 2.24) is 5.32 Å². The number of thiophene rings is 1. The highest BCUT2D eigenvalue weighted by atomic mass is 79.9. The van der Waals surface area contributed by atoms with E-state index in [0.717, 1.165) is 26.7 Å². The van der Waals surface area contributed by atoms with Crippen LogP contribution in [0.25, 0.3) is 11.1 Å². The Kier molecular flexibility index (Phi) is 6.01. The number of ether oxygens (including phenoxy) is 1. The number of amides is 1. The van der Waals surface area contributed by atoms with Gasteiger partial charge in [0.05, 0.1) is 0 Å². The second-order valence-corrected chi connectivity index (χ2v) is 8.74. The smallest absolute Gasteiger partial charge is 0.407 e. The van der Waals surface area contributed by atoms with Gasteiger partial charge in [-0.25, -0.2) is 4.79 Å². The molecule has 0 bridgehead atoms. The molecule has 0 spiro atoms. The molecule has 1 aromatic heterocycles. The van der Waals surface area contributed by atoms with Gasteiger partial charge >= 0.3 is 6.09 Å². The number of nitrogens with one attached hydrogen (secondary N) is 1. The zero-order valence-electron chi connectivity index (χ0n) is 15.4. The lowest BCUT2D eigenvalue weighted by molar-refractivity contribution is 0.0206. The van der Waals surface area contributed by atoms with E-state index in [1.807, 2.05) is 29.6 Å². The maximum Gasteiger partial charge on any atom is 0.407 e. The molecule has 1 aliphatic carbocycles. The number of aliphatic hydroxyl groups is 2. The molecule has 0 radical (unpaired) electrons. The van der Waals surface area contributed by atoms with E-state index in [9.17, 15) is 15.0 Å². The molecular weight excluding hydrogens is 454 g/mol. The third kappa shape index (κ3) is 4.23. The largest absolute Gasteiger partial charge is 0.449 e. The molecule has 3 aromatic rings. The molecule has 0 saturated heterocycles. The van der Waals surface area contributed by atoms with Crippen LogP contribution in [0.1, 0.15) is 28.0 Å². The van der Waals surface area contributed by atoms with Crippen LogP contribution in [-0.4, -0.2) is 35.6 Å². The predicted molar refractivity (Wildman–Crippen MR) is 116 cm³/mol. The van der Waals surface area contributed by atoms with Crippen molar-refractivity contribution in [3.8, 4) is 11.1 Å². The lowest BCUT2D eigenvalue weighted by Crippen LogP contribution is -2.36. The summed E-state index contributed by atoms with van der Waals surface area (Å²) in [6.45, 7) is 0.101. The summed E-state index contributed by atoms with van der Waals surface area (Å²) < 4.78 is 6.27. The van der Waals surface area contributed by atoms with E-state index in [-0.39, 0.29) is 19.1 Å². The summed E-state index contributed by atoms with van der Waals surface area (Å²) in [5.74, 6) is -0.0212. The van der Waals surface area contributed by atoms with Crippen molar-refractivity contribution in [3.63, 3.8) is 0 Å². The van der Waals surface area contributed by atoms with Crippen molar-refractivity contribution in [2.75, 3.05) is 13.2 Å². The SMILES string of the molecule is O=C(NCC(O)C(O)c1cc(Br)cs1)OCC1c2ccccc2-c2ccccc21. The van der Waals surface area contributed by atoms with E-state index in [1.165, 1.54) is 11.3 Å². The van der Waals surface area contributed by atoms with Crippen LogP contribution in [0.2, 0.25) is 0 Å². The molecule has 0 fully saturated rings.